The van der Waals surface area contributed by atoms with Crippen LogP contribution in [0.5, 0.6) is 0 Å². The van der Waals surface area contributed by atoms with E-state index in [-0.39, 0.29) is 5.69 Å². The van der Waals surface area contributed by atoms with Crippen molar-refractivity contribution in [2.75, 3.05) is 0 Å². The van der Waals surface area contributed by atoms with Gasteiger partial charge in [0, 0.05) is 0 Å². The molecule has 0 unspecified atom stereocenters. The van der Waals surface area contributed by atoms with Gasteiger partial charge < -0.3 is 0 Å². The lowest BCUT2D eigenvalue weighted by molar-refractivity contribution is -0.386. The van der Waals surface area contributed by atoms with Gasteiger partial charge in [0.25, 0.3) is 0 Å². The summed E-state index contributed by atoms with van der Waals surface area (Å²) in [6.45, 7) is 0. The summed E-state index contributed by atoms with van der Waals surface area (Å²) >= 11 is 12.3. The molecule has 0 aromatic carbocycles. The molecular formula is C5Br4N2O2. The molecule has 8 heteroatoms. The second-order valence-corrected chi connectivity index (χ2v) is 5.02. The molecule has 0 saturated carbocycles. The second-order valence-electron chi connectivity index (χ2n) is 1.93. The lowest BCUT2D eigenvalue weighted by Crippen LogP contribution is -1.94. The molecule has 1 rings (SSSR count). The zero-order valence-electron chi connectivity index (χ0n) is 5.72. The third-order valence-electron chi connectivity index (χ3n) is 1.16. The number of aromatic nitrogens is 1. The van der Waals surface area contributed by atoms with Crippen LogP contribution in [0.2, 0.25) is 0 Å². The van der Waals surface area contributed by atoms with Crippen molar-refractivity contribution in [2.24, 2.45) is 0 Å². The van der Waals surface area contributed by atoms with Crippen molar-refractivity contribution in [1.82, 2.24) is 4.98 Å². The van der Waals surface area contributed by atoms with Crippen LogP contribution in [0.1, 0.15) is 0 Å². The highest BCUT2D eigenvalue weighted by atomic mass is 79.9. The lowest BCUT2D eigenvalue weighted by atomic mass is 10.4. The zero-order chi connectivity index (χ0) is 10.2. The number of rotatable bonds is 1. The van der Waals surface area contributed by atoms with E-state index in [1.165, 1.54) is 0 Å². The molecule has 1 heterocycles. The molecule has 0 fully saturated rings. The summed E-state index contributed by atoms with van der Waals surface area (Å²) in [6.07, 6.45) is 0. The van der Waals surface area contributed by atoms with Gasteiger partial charge in [0.1, 0.15) is 18.2 Å². The molecule has 0 amide bonds. The maximum Gasteiger partial charge on any atom is 0.303 e. The van der Waals surface area contributed by atoms with Crippen molar-refractivity contribution in [1.29, 1.82) is 0 Å². The Bertz CT molecular complexity index is 355. The molecule has 0 radical (unpaired) electrons. The Kier molecular flexibility index (Phi) is 3.84. The van der Waals surface area contributed by atoms with E-state index in [9.17, 15) is 10.1 Å². The highest BCUT2D eigenvalue weighted by Gasteiger charge is 2.23. The van der Waals surface area contributed by atoms with Gasteiger partial charge in [-0.1, -0.05) is 0 Å². The lowest BCUT2D eigenvalue weighted by Gasteiger charge is -2.01. The minimum atomic E-state index is -0.495. The van der Waals surface area contributed by atoms with Crippen LogP contribution in [-0.4, -0.2) is 9.91 Å². The number of hydrogen-bond acceptors (Lipinski definition) is 3. The van der Waals surface area contributed by atoms with Crippen molar-refractivity contribution < 1.29 is 4.92 Å². The number of pyridine rings is 1. The van der Waals surface area contributed by atoms with Crippen LogP contribution in [-0.2, 0) is 0 Å². The Morgan fingerprint density at radius 1 is 1.08 bits per heavy atom. The normalized spacial score (nSPS) is 10.2. The van der Waals surface area contributed by atoms with Gasteiger partial charge in [0.15, 0.2) is 0 Å². The molecule has 0 atom stereocenters. The standard InChI is InChI=1S/C5Br4N2O2/c6-1-3(11(12)13)2(7)5(9)10-4(1)8. The van der Waals surface area contributed by atoms with Crippen molar-refractivity contribution in [2.45, 2.75) is 0 Å². The average Bonchev–Trinajstić information content (AvgIpc) is 2.01. The highest BCUT2D eigenvalue weighted by Crippen LogP contribution is 2.40. The monoisotopic (exact) mass is 436 g/mol. The van der Waals surface area contributed by atoms with Crippen molar-refractivity contribution in [3.8, 4) is 0 Å². The van der Waals surface area contributed by atoms with E-state index < -0.39 is 4.92 Å². The maximum absolute atomic E-state index is 10.6. The number of halogens is 4. The van der Waals surface area contributed by atoms with Crippen LogP contribution in [0.25, 0.3) is 0 Å². The van der Waals surface area contributed by atoms with Gasteiger partial charge in [-0.2, -0.15) is 0 Å². The summed E-state index contributed by atoms with van der Waals surface area (Å²) in [5.41, 5.74) is -0.0613. The fourth-order valence-electron chi connectivity index (χ4n) is 0.636. The minimum Gasteiger partial charge on any atom is -0.258 e. The Hall–Kier alpha value is 0.470. The zero-order valence-corrected chi connectivity index (χ0v) is 12.1. The third-order valence-corrected chi connectivity index (χ3v) is 4.87. The first-order valence-electron chi connectivity index (χ1n) is 2.79. The van der Waals surface area contributed by atoms with Gasteiger partial charge >= 0.3 is 5.69 Å². The number of hydrogen-bond donors (Lipinski definition) is 0. The highest BCUT2D eigenvalue weighted by molar-refractivity contribution is 9.14. The quantitative estimate of drug-likeness (QED) is 0.377. The topological polar surface area (TPSA) is 56.0 Å². The first-order chi connectivity index (χ1) is 5.95. The van der Waals surface area contributed by atoms with E-state index in [2.05, 4.69) is 68.7 Å². The van der Waals surface area contributed by atoms with Gasteiger partial charge in [-0.05, 0) is 63.7 Å². The fourth-order valence-corrected chi connectivity index (χ4v) is 2.73. The van der Waals surface area contributed by atoms with Gasteiger partial charge in [-0.15, -0.1) is 0 Å². The summed E-state index contributed by atoms with van der Waals surface area (Å²) in [5.74, 6) is 0. The molecule has 4 nitrogen and oxygen atoms in total. The molecule has 0 aliphatic carbocycles. The van der Waals surface area contributed by atoms with Crippen molar-refractivity contribution >= 4 is 69.4 Å². The second kappa shape index (κ2) is 4.33. The third kappa shape index (κ3) is 2.28. The smallest absolute Gasteiger partial charge is 0.258 e. The molecule has 0 N–H and O–H groups in total. The predicted molar refractivity (Wildman–Crippen MR) is 61.7 cm³/mol. The molecule has 0 spiro atoms. The SMILES string of the molecule is O=[N+]([O-])c1c(Br)c(Br)nc(Br)c1Br. The Balaban J connectivity index is 3.56. The summed E-state index contributed by atoms with van der Waals surface area (Å²) in [6, 6.07) is 0. The largest absolute Gasteiger partial charge is 0.303 e. The first-order valence-corrected chi connectivity index (χ1v) is 5.96. The van der Waals surface area contributed by atoms with Crippen molar-refractivity contribution in [3.05, 3.63) is 28.3 Å². The van der Waals surface area contributed by atoms with Gasteiger partial charge in [0.05, 0.1) is 4.92 Å². The molecule has 0 saturated heterocycles. The van der Waals surface area contributed by atoms with Gasteiger partial charge in [0.2, 0.25) is 0 Å². The molecule has 1 aromatic heterocycles. The minimum absolute atomic E-state index is 0.0613. The van der Waals surface area contributed by atoms with Crippen LogP contribution < -0.4 is 0 Å². The van der Waals surface area contributed by atoms with E-state index in [4.69, 9.17) is 0 Å². The average molecular weight is 440 g/mol. The number of nitro groups is 1. The van der Waals surface area contributed by atoms with E-state index in [1.807, 2.05) is 0 Å². The van der Waals surface area contributed by atoms with Crippen molar-refractivity contribution in [3.63, 3.8) is 0 Å². The molecule has 0 aliphatic rings. The van der Waals surface area contributed by atoms with Crippen LogP contribution in [0.4, 0.5) is 5.69 Å². The van der Waals surface area contributed by atoms with Crippen LogP contribution in [0.3, 0.4) is 0 Å². The van der Waals surface area contributed by atoms with E-state index in [0.717, 1.165) is 0 Å². The maximum atomic E-state index is 10.6. The first kappa shape index (κ1) is 11.5. The summed E-state index contributed by atoms with van der Waals surface area (Å²) in [4.78, 5) is 14.1. The molecular weight excluding hydrogens is 440 g/mol. The fraction of sp³-hybridized carbons (Fsp3) is 0. The van der Waals surface area contributed by atoms with Crippen LogP contribution >= 0.6 is 63.7 Å². The summed E-state index contributed by atoms with van der Waals surface area (Å²) in [5, 5.41) is 10.6. The Labute approximate surface area is 107 Å². The van der Waals surface area contributed by atoms with Gasteiger partial charge in [-0.3, -0.25) is 10.1 Å². The molecule has 13 heavy (non-hydrogen) atoms. The molecule has 0 aliphatic heterocycles. The van der Waals surface area contributed by atoms with E-state index in [1.54, 1.807) is 0 Å². The van der Waals surface area contributed by atoms with E-state index >= 15 is 0 Å². The van der Waals surface area contributed by atoms with Crippen LogP contribution in [0.15, 0.2) is 18.2 Å². The predicted octanol–water partition coefficient (Wildman–Crippen LogP) is 4.04. The van der Waals surface area contributed by atoms with Gasteiger partial charge in [-0.25, -0.2) is 4.98 Å². The molecule has 1 aromatic rings. The summed E-state index contributed by atoms with van der Waals surface area (Å²) < 4.78 is 1.39. The Morgan fingerprint density at radius 2 is 1.46 bits per heavy atom. The number of nitrogens with zero attached hydrogens (tertiary/aromatic N) is 2. The molecule has 0 bridgehead atoms. The summed E-state index contributed by atoms with van der Waals surface area (Å²) in [7, 11) is 0. The molecule has 70 valence electrons. The Morgan fingerprint density at radius 3 is 1.77 bits per heavy atom. The van der Waals surface area contributed by atoms with E-state index in [0.29, 0.717) is 18.2 Å². The van der Waals surface area contributed by atoms with Crippen LogP contribution in [0, 0.1) is 10.1 Å².